The number of rotatable bonds is 5. The van der Waals surface area contributed by atoms with E-state index >= 15 is 0 Å². The van der Waals surface area contributed by atoms with Crippen molar-refractivity contribution in [3.63, 3.8) is 0 Å². The van der Waals surface area contributed by atoms with E-state index in [4.69, 9.17) is 9.47 Å². The number of hydrogen-bond acceptors (Lipinski definition) is 4. The van der Waals surface area contributed by atoms with Gasteiger partial charge in [0.05, 0.1) is 6.61 Å². The van der Waals surface area contributed by atoms with Gasteiger partial charge in [-0.3, -0.25) is 4.79 Å². The van der Waals surface area contributed by atoms with Crippen LogP contribution in [0.3, 0.4) is 0 Å². The molecule has 0 saturated carbocycles. The molecule has 0 bridgehead atoms. The number of amides is 2. The van der Waals surface area contributed by atoms with Gasteiger partial charge >= 0.3 is 6.09 Å². The van der Waals surface area contributed by atoms with Crippen LogP contribution in [0.25, 0.3) is 5.57 Å². The van der Waals surface area contributed by atoms with Crippen LogP contribution in [0.5, 0.6) is 5.75 Å². The molecule has 1 atom stereocenters. The lowest BCUT2D eigenvalue weighted by Gasteiger charge is -2.33. The fraction of sp³-hybridized carbons (Fsp3) is 0.643. The molecular formula is C28H39FN2O4. The minimum Gasteiger partial charge on any atom is -0.490 e. The molecule has 192 valence electrons. The molecule has 2 saturated heterocycles. The Morgan fingerprint density at radius 3 is 2.34 bits per heavy atom. The predicted octanol–water partition coefficient (Wildman–Crippen LogP) is 5.66. The molecule has 3 aliphatic rings. The van der Waals surface area contributed by atoms with Gasteiger partial charge in [0.1, 0.15) is 5.60 Å². The molecule has 4 rings (SSSR count). The lowest BCUT2D eigenvalue weighted by Crippen LogP contribution is -2.42. The first kappa shape index (κ1) is 25.5. The summed E-state index contributed by atoms with van der Waals surface area (Å²) in [5.74, 6) is 0.529. The lowest BCUT2D eigenvalue weighted by atomic mass is 9.86. The van der Waals surface area contributed by atoms with Crippen molar-refractivity contribution in [3.8, 4) is 5.75 Å². The summed E-state index contributed by atoms with van der Waals surface area (Å²) in [6.45, 7) is 9.06. The average molecular weight is 487 g/mol. The van der Waals surface area contributed by atoms with E-state index in [2.05, 4.69) is 6.08 Å². The fourth-order valence-electron chi connectivity index (χ4n) is 5.15. The van der Waals surface area contributed by atoms with Crippen molar-refractivity contribution in [2.75, 3.05) is 32.8 Å². The van der Waals surface area contributed by atoms with Crippen molar-refractivity contribution in [3.05, 3.63) is 35.7 Å². The van der Waals surface area contributed by atoms with Crippen LogP contribution in [-0.4, -0.2) is 60.2 Å². The van der Waals surface area contributed by atoms with E-state index in [9.17, 15) is 14.0 Å². The third-order valence-corrected chi connectivity index (χ3v) is 7.22. The molecule has 2 heterocycles. The van der Waals surface area contributed by atoms with Gasteiger partial charge in [0, 0.05) is 32.1 Å². The molecule has 1 aliphatic carbocycles. The minimum atomic E-state index is -0.499. The van der Waals surface area contributed by atoms with Crippen molar-refractivity contribution in [1.82, 2.24) is 9.80 Å². The molecular weight excluding hydrogens is 447 g/mol. The first-order valence-corrected chi connectivity index (χ1v) is 13.1. The molecule has 0 N–H and O–H groups in total. The molecule has 2 amide bonds. The van der Waals surface area contributed by atoms with Gasteiger partial charge in [-0.15, -0.1) is 0 Å². The number of carbonyl (C=O) groups excluding carboxylic acids is 2. The maximum absolute atomic E-state index is 14.8. The van der Waals surface area contributed by atoms with E-state index in [0.29, 0.717) is 19.7 Å². The van der Waals surface area contributed by atoms with E-state index in [1.165, 1.54) is 0 Å². The molecule has 0 radical (unpaired) electrons. The average Bonchev–Trinajstić information content (AvgIpc) is 3.37. The Balaban J connectivity index is 1.25. The quantitative estimate of drug-likeness (QED) is 0.539. The maximum atomic E-state index is 14.8. The molecule has 35 heavy (non-hydrogen) atoms. The van der Waals surface area contributed by atoms with Crippen LogP contribution >= 0.6 is 0 Å². The Labute approximate surface area is 208 Å². The van der Waals surface area contributed by atoms with Crippen LogP contribution < -0.4 is 4.74 Å². The lowest BCUT2D eigenvalue weighted by molar-refractivity contribution is -0.134. The van der Waals surface area contributed by atoms with Crippen LogP contribution in [0.2, 0.25) is 0 Å². The summed E-state index contributed by atoms with van der Waals surface area (Å²) in [7, 11) is 0. The highest BCUT2D eigenvalue weighted by molar-refractivity contribution is 5.81. The third-order valence-electron chi connectivity index (χ3n) is 7.22. The van der Waals surface area contributed by atoms with E-state index in [-0.39, 0.29) is 35.4 Å². The summed E-state index contributed by atoms with van der Waals surface area (Å²) >= 11 is 0. The summed E-state index contributed by atoms with van der Waals surface area (Å²) in [5.41, 5.74) is 1.48. The SMILES string of the molecule is CC(C)(C)OC(=O)N1CCC(COc2ccc(C3=CCC(C(=O)N4CCCC4)CC3)cc2F)CC1. The largest absolute Gasteiger partial charge is 0.490 e. The molecule has 2 fully saturated rings. The molecule has 0 spiro atoms. The van der Waals surface area contributed by atoms with E-state index in [0.717, 1.165) is 69.2 Å². The van der Waals surface area contributed by atoms with Crippen LogP contribution in [-0.2, 0) is 9.53 Å². The van der Waals surface area contributed by atoms with Crippen molar-refractivity contribution in [1.29, 1.82) is 0 Å². The van der Waals surface area contributed by atoms with Crippen molar-refractivity contribution in [2.45, 2.75) is 71.3 Å². The monoisotopic (exact) mass is 486 g/mol. The Morgan fingerprint density at radius 1 is 1.03 bits per heavy atom. The highest BCUT2D eigenvalue weighted by Crippen LogP contribution is 2.33. The molecule has 1 aromatic carbocycles. The number of nitrogens with zero attached hydrogens (tertiary/aromatic N) is 2. The minimum absolute atomic E-state index is 0.0611. The first-order chi connectivity index (χ1) is 16.7. The number of likely N-dealkylation sites (tertiary alicyclic amines) is 2. The van der Waals surface area contributed by atoms with Crippen molar-refractivity contribution < 1.29 is 23.5 Å². The summed E-state index contributed by atoms with van der Waals surface area (Å²) < 4.78 is 26.1. The molecule has 0 aromatic heterocycles. The number of piperidine rings is 1. The third kappa shape index (κ3) is 6.77. The van der Waals surface area contributed by atoms with Gasteiger partial charge in [0.15, 0.2) is 11.6 Å². The highest BCUT2D eigenvalue weighted by Gasteiger charge is 2.29. The van der Waals surface area contributed by atoms with Gasteiger partial charge in [-0.25, -0.2) is 9.18 Å². The van der Waals surface area contributed by atoms with Crippen LogP contribution in [0, 0.1) is 17.7 Å². The summed E-state index contributed by atoms with van der Waals surface area (Å²) in [6, 6.07) is 5.18. The highest BCUT2D eigenvalue weighted by atomic mass is 19.1. The van der Waals surface area contributed by atoms with E-state index in [1.54, 1.807) is 17.0 Å². The summed E-state index contributed by atoms with van der Waals surface area (Å²) in [4.78, 5) is 28.6. The van der Waals surface area contributed by atoms with Gasteiger partial charge in [0.25, 0.3) is 0 Å². The smallest absolute Gasteiger partial charge is 0.410 e. The van der Waals surface area contributed by atoms with Gasteiger partial charge < -0.3 is 19.3 Å². The summed E-state index contributed by atoms with van der Waals surface area (Å²) in [6.07, 6.45) is 8.01. The zero-order valence-electron chi connectivity index (χ0n) is 21.4. The predicted molar refractivity (Wildman–Crippen MR) is 134 cm³/mol. The van der Waals surface area contributed by atoms with Crippen LogP contribution in [0.1, 0.15) is 71.3 Å². The van der Waals surface area contributed by atoms with Crippen molar-refractivity contribution in [2.24, 2.45) is 11.8 Å². The molecule has 1 unspecified atom stereocenters. The first-order valence-electron chi connectivity index (χ1n) is 13.1. The normalized spacial score (nSPS) is 21.6. The van der Waals surface area contributed by atoms with Crippen LogP contribution in [0.4, 0.5) is 9.18 Å². The summed E-state index contributed by atoms with van der Waals surface area (Å²) in [5, 5.41) is 0. The Morgan fingerprint density at radius 2 is 1.74 bits per heavy atom. The zero-order chi connectivity index (χ0) is 25.0. The zero-order valence-corrected chi connectivity index (χ0v) is 21.4. The molecule has 2 aliphatic heterocycles. The Kier molecular flexibility index (Phi) is 8.02. The Hall–Kier alpha value is -2.57. The molecule has 6 nitrogen and oxygen atoms in total. The molecule has 7 heteroatoms. The van der Waals surface area contributed by atoms with Gasteiger partial charge in [-0.2, -0.15) is 0 Å². The maximum Gasteiger partial charge on any atom is 0.410 e. The Bertz CT molecular complexity index is 941. The van der Waals surface area contributed by atoms with E-state index < -0.39 is 5.60 Å². The number of carbonyl (C=O) groups is 2. The topological polar surface area (TPSA) is 59.1 Å². The molecule has 1 aromatic rings. The number of halogens is 1. The second kappa shape index (κ2) is 11.0. The number of ether oxygens (including phenoxy) is 2. The fourth-order valence-corrected chi connectivity index (χ4v) is 5.15. The second-order valence-corrected chi connectivity index (χ2v) is 11.1. The number of benzene rings is 1. The van der Waals surface area contributed by atoms with Crippen LogP contribution in [0.15, 0.2) is 24.3 Å². The van der Waals surface area contributed by atoms with Gasteiger partial charge in [-0.05, 0) is 94.9 Å². The number of allylic oxidation sites excluding steroid dienone is 2. The van der Waals surface area contributed by atoms with Gasteiger partial charge in [-0.1, -0.05) is 12.1 Å². The van der Waals surface area contributed by atoms with Gasteiger partial charge in [0.2, 0.25) is 5.91 Å². The second-order valence-electron chi connectivity index (χ2n) is 11.1. The number of hydrogen-bond donors (Lipinski definition) is 0. The standard InChI is InChI=1S/C28H39FN2O4/c1-28(2,3)35-27(33)31-16-12-20(13-17-31)19-34-25-11-10-23(18-24(25)29)21-6-8-22(9-7-21)26(32)30-14-4-5-15-30/h6,10-11,18,20,22H,4-5,7-9,12-17,19H2,1-3H3. The van der Waals surface area contributed by atoms with Crippen molar-refractivity contribution >= 4 is 17.6 Å². The van der Waals surface area contributed by atoms with E-state index in [1.807, 2.05) is 31.7 Å².